The lowest BCUT2D eigenvalue weighted by molar-refractivity contribution is 0.581. The largest absolute Gasteiger partial charge is 0.419 e. The Morgan fingerprint density at radius 1 is 0.839 bits per heavy atom. The molecule has 0 radical (unpaired) electrons. The van der Waals surface area contributed by atoms with Crippen LogP contribution in [0.4, 0.5) is 16.0 Å². The van der Waals surface area contributed by atoms with Crippen LogP contribution in [0.25, 0.3) is 11.5 Å². The molecule has 158 valence electrons. The average Bonchev–Trinajstić information content (AvgIpc) is 3.12. The van der Waals surface area contributed by atoms with Crippen LogP contribution in [0.3, 0.4) is 0 Å². The second-order valence-electron chi connectivity index (χ2n) is 7.48. The minimum absolute atomic E-state index is 0.00454. The number of nitrogens with zero attached hydrogens (tertiary/aromatic N) is 1. The summed E-state index contributed by atoms with van der Waals surface area (Å²) in [6, 6.07) is 17.8. The zero-order valence-electron chi connectivity index (χ0n) is 17.3. The lowest BCUT2D eigenvalue weighted by Crippen LogP contribution is -2.05. The summed E-state index contributed by atoms with van der Waals surface area (Å²) >= 11 is 0. The van der Waals surface area contributed by atoms with Crippen LogP contribution in [0.2, 0.25) is 0 Å². The summed E-state index contributed by atoms with van der Waals surface area (Å²) in [6.45, 7) is 5.78. The van der Waals surface area contributed by atoms with Crippen molar-refractivity contribution >= 4 is 21.4 Å². The van der Waals surface area contributed by atoms with Crippen LogP contribution < -0.4 is 5.32 Å². The van der Waals surface area contributed by atoms with E-state index in [4.69, 9.17) is 4.42 Å². The Morgan fingerprint density at radius 2 is 1.45 bits per heavy atom. The molecule has 5 nitrogen and oxygen atoms in total. The van der Waals surface area contributed by atoms with Crippen LogP contribution in [-0.2, 0) is 9.84 Å². The van der Waals surface area contributed by atoms with E-state index in [1.165, 1.54) is 36.4 Å². The zero-order valence-corrected chi connectivity index (χ0v) is 18.1. The number of rotatable bonds is 5. The quantitative estimate of drug-likeness (QED) is 0.416. The molecule has 0 saturated carbocycles. The van der Waals surface area contributed by atoms with Crippen LogP contribution >= 0.6 is 0 Å². The Hall–Kier alpha value is -3.45. The maximum Gasteiger partial charge on any atom is 0.238 e. The van der Waals surface area contributed by atoms with E-state index >= 15 is 0 Å². The van der Waals surface area contributed by atoms with E-state index in [9.17, 15) is 12.8 Å². The van der Waals surface area contributed by atoms with Crippen molar-refractivity contribution in [3.05, 3.63) is 89.2 Å². The van der Waals surface area contributed by atoms with Crippen molar-refractivity contribution < 1.29 is 17.2 Å². The van der Waals surface area contributed by atoms with Gasteiger partial charge in [0.05, 0.1) is 4.90 Å². The number of hydrogen-bond donors (Lipinski definition) is 1. The minimum atomic E-state index is -3.96. The Labute approximate surface area is 180 Å². The number of hydrogen-bond acceptors (Lipinski definition) is 5. The number of aryl methyl sites for hydroxylation is 3. The van der Waals surface area contributed by atoms with Gasteiger partial charge in [-0.25, -0.2) is 12.8 Å². The number of halogens is 1. The number of benzene rings is 3. The van der Waals surface area contributed by atoms with E-state index in [2.05, 4.69) is 10.3 Å². The topological polar surface area (TPSA) is 72.2 Å². The van der Waals surface area contributed by atoms with E-state index in [1.807, 2.05) is 39.0 Å². The normalized spacial score (nSPS) is 11.5. The summed E-state index contributed by atoms with van der Waals surface area (Å²) in [7, 11) is -3.96. The summed E-state index contributed by atoms with van der Waals surface area (Å²) in [4.78, 5) is 4.39. The predicted molar refractivity (Wildman–Crippen MR) is 118 cm³/mol. The van der Waals surface area contributed by atoms with Gasteiger partial charge in [0, 0.05) is 11.3 Å². The molecule has 1 N–H and O–H groups in total. The van der Waals surface area contributed by atoms with Gasteiger partial charge in [0.2, 0.25) is 26.6 Å². The Kier molecular flexibility index (Phi) is 5.37. The first-order valence-corrected chi connectivity index (χ1v) is 11.1. The summed E-state index contributed by atoms with van der Waals surface area (Å²) in [6.07, 6.45) is 0. The molecular formula is C24H21FN2O3S. The maximum absolute atomic E-state index is 13.4. The molecule has 0 aliphatic heterocycles. The predicted octanol–water partition coefficient (Wildman–Crippen LogP) is 5.98. The molecule has 1 aromatic heterocycles. The number of oxazole rings is 1. The second kappa shape index (κ2) is 8.00. The van der Waals surface area contributed by atoms with E-state index in [0.29, 0.717) is 11.3 Å². The van der Waals surface area contributed by atoms with Crippen molar-refractivity contribution in [2.24, 2.45) is 0 Å². The third kappa shape index (κ3) is 4.36. The highest BCUT2D eigenvalue weighted by molar-refractivity contribution is 7.91. The average molecular weight is 437 g/mol. The highest BCUT2D eigenvalue weighted by atomic mass is 32.2. The van der Waals surface area contributed by atoms with Crippen LogP contribution in [0.15, 0.2) is 81.1 Å². The summed E-state index contributed by atoms with van der Waals surface area (Å²) in [5.74, 6) is -0.321. The molecule has 0 saturated heterocycles. The molecule has 0 unspecified atom stereocenters. The minimum Gasteiger partial charge on any atom is -0.419 e. The molecule has 4 aromatic rings. The first kappa shape index (κ1) is 20.8. The standard InChI is InChI=1S/C24H21FN2O3S/c1-15-4-10-21(11-5-15)31(28,29)24-23(26-20-13-16(2)12-17(3)14-20)30-22(27-24)18-6-8-19(25)9-7-18/h4-14,26H,1-3H3. The van der Waals surface area contributed by atoms with E-state index < -0.39 is 15.7 Å². The number of sulfone groups is 1. The smallest absolute Gasteiger partial charge is 0.238 e. The molecule has 3 aromatic carbocycles. The third-order valence-corrected chi connectivity index (χ3v) is 6.43. The molecule has 0 fully saturated rings. The van der Waals surface area contributed by atoms with Gasteiger partial charge >= 0.3 is 0 Å². The molecule has 0 amide bonds. The van der Waals surface area contributed by atoms with Crippen molar-refractivity contribution in [2.45, 2.75) is 30.7 Å². The molecule has 7 heteroatoms. The van der Waals surface area contributed by atoms with Gasteiger partial charge in [-0.05, 0) is 80.4 Å². The van der Waals surface area contributed by atoms with Gasteiger partial charge in [-0.1, -0.05) is 23.8 Å². The van der Waals surface area contributed by atoms with Gasteiger partial charge in [-0.2, -0.15) is 4.98 Å². The van der Waals surface area contributed by atoms with E-state index in [1.54, 1.807) is 12.1 Å². The van der Waals surface area contributed by atoms with Crippen LogP contribution in [0.5, 0.6) is 0 Å². The fourth-order valence-corrected chi connectivity index (χ4v) is 4.55. The molecule has 4 rings (SSSR count). The highest BCUT2D eigenvalue weighted by Gasteiger charge is 2.29. The van der Waals surface area contributed by atoms with Crippen molar-refractivity contribution in [3.63, 3.8) is 0 Å². The summed E-state index contributed by atoms with van der Waals surface area (Å²) < 4.78 is 45.9. The molecule has 1 heterocycles. The van der Waals surface area contributed by atoms with Crippen molar-refractivity contribution in [1.82, 2.24) is 4.98 Å². The maximum atomic E-state index is 13.4. The monoisotopic (exact) mass is 436 g/mol. The number of anilines is 2. The van der Waals surface area contributed by atoms with Crippen molar-refractivity contribution in [1.29, 1.82) is 0 Å². The van der Waals surface area contributed by atoms with Gasteiger partial charge in [0.25, 0.3) is 0 Å². The van der Waals surface area contributed by atoms with Crippen molar-refractivity contribution in [2.75, 3.05) is 5.32 Å². The lowest BCUT2D eigenvalue weighted by Gasteiger charge is -2.08. The fourth-order valence-electron chi connectivity index (χ4n) is 3.29. The number of aromatic nitrogens is 1. The third-order valence-electron chi connectivity index (χ3n) is 4.75. The molecular weight excluding hydrogens is 415 g/mol. The highest BCUT2D eigenvalue weighted by Crippen LogP contribution is 2.34. The molecule has 0 bridgehead atoms. The zero-order chi connectivity index (χ0) is 22.2. The van der Waals surface area contributed by atoms with Crippen LogP contribution in [0, 0.1) is 26.6 Å². The molecule has 31 heavy (non-hydrogen) atoms. The Morgan fingerprint density at radius 3 is 2.06 bits per heavy atom. The first-order chi connectivity index (χ1) is 14.7. The van der Waals surface area contributed by atoms with Gasteiger partial charge in [-0.3, -0.25) is 0 Å². The van der Waals surface area contributed by atoms with Gasteiger partial charge < -0.3 is 9.73 Å². The van der Waals surface area contributed by atoms with Crippen molar-refractivity contribution in [3.8, 4) is 11.5 Å². The van der Waals surface area contributed by atoms with Gasteiger partial charge in [0.1, 0.15) is 5.82 Å². The molecule has 0 aliphatic carbocycles. The SMILES string of the molecule is Cc1ccc(S(=O)(=O)c2nc(-c3ccc(F)cc3)oc2Nc2cc(C)cc(C)c2)cc1. The first-order valence-electron chi connectivity index (χ1n) is 9.66. The molecule has 0 aliphatic rings. The van der Waals surface area contributed by atoms with Crippen LogP contribution in [0.1, 0.15) is 16.7 Å². The van der Waals surface area contributed by atoms with Crippen LogP contribution in [-0.4, -0.2) is 13.4 Å². The second-order valence-corrected chi connectivity index (χ2v) is 9.34. The summed E-state index contributed by atoms with van der Waals surface area (Å²) in [5, 5.41) is 2.83. The summed E-state index contributed by atoms with van der Waals surface area (Å²) in [5.41, 5.74) is 4.13. The van der Waals surface area contributed by atoms with E-state index in [-0.39, 0.29) is 21.7 Å². The van der Waals surface area contributed by atoms with E-state index in [0.717, 1.165) is 16.7 Å². The molecule has 0 atom stereocenters. The number of nitrogens with one attached hydrogen (secondary N) is 1. The van der Waals surface area contributed by atoms with Gasteiger partial charge in [0.15, 0.2) is 0 Å². The van der Waals surface area contributed by atoms with Gasteiger partial charge in [-0.15, -0.1) is 0 Å². The Bertz CT molecular complexity index is 1320. The lowest BCUT2D eigenvalue weighted by atomic mass is 10.1. The molecule has 0 spiro atoms. The fraction of sp³-hybridized carbons (Fsp3) is 0.125. The Balaban J connectivity index is 1.85.